The largest absolute Gasteiger partial charge is 0.398 e. The van der Waals surface area contributed by atoms with Crippen molar-refractivity contribution in [2.45, 2.75) is 18.8 Å². The molecule has 0 saturated carbocycles. The fraction of sp³-hybridized carbons (Fsp3) is 0.467. The number of hydrogen-bond donors (Lipinski definition) is 2. The van der Waals surface area contributed by atoms with E-state index in [1.165, 1.54) is 6.21 Å². The molecule has 1 aromatic rings. The SMILES string of the molecule is CN(C)C(=O)N1CCC(c2cc(Cl)cc(N)c2C=N)CC1. The van der Waals surface area contributed by atoms with Gasteiger partial charge in [0.25, 0.3) is 0 Å². The molecule has 3 N–H and O–H groups in total. The van der Waals surface area contributed by atoms with E-state index >= 15 is 0 Å². The number of benzene rings is 1. The van der Waals surface area contributed by atoms with E-state index in [0.29, 0.717) is 23.8 Å². The van der Waals surface area contributed by atoms with E-state index in [1.807, 2.05) is 11.0 Å². The van der Waals surface area contributed by atoms with Gasteiger partial charge in [-0.2, -0.15) is 0 Å². The van der Waals surface area contributed by atoms with Gasteiger partial charge in [0.05, 0.1) is 0 Å². The van der Waals surface area contributed by atoms with Gasteiger partial charge in [-0.3, -0.25) is 0 Å². The molecule has 0 bridgehead atoms. The van der Waals surface area contributed by atoms with Gasteiger partial charge in [0.2, 0.25) is 0 Å². The first kappa shape index (κ1) is 15.6. The molecule has 1 aliphatic rings. The number of piperidine rings is 1. The Morgan fingerprint density at radius 3 is 2.57 bits per heavy atom. The lowest BCUT2D eigenvalue weighted by Crippen LogP contribution is -2.43. The monoisotopic (exact) mass is 308 g/mol. The van der Waals surface area contributed by atoms with Gasteiger partial charge in [-0.25, -0.2) is 4.79 Å². The van der Waals surface area contributed by atoms with Gasteiger partial charge >= 0.3 is 6.03 Å². The Morgan fingerprint density at radius 1 is 1.43 bits per heavy atom. The van der Waals surface area contributed by atoms with E-state index in [4.69, 9.17) is 22.7 Å². The highest BCUT2D eigenvalue weighted by Crippen LogP contribution is 2.34. The van der Waals surface area contributed by atoms with Crippen molar-refractivity contribution in [1.82, 2.24) is 9.80 Å². The van der Waals surface area contributed by atoms with Crippen LogP contribution in [0.1, 0.15) is 29.9 Å². The molecule has 0 atom stereocenters. The van der Waals surface area contributed by atoms with Gasteiger partial charge in [0, 0.05) is 49.7 Å². The third-order valence-corrected chi connectivity index (χ3v) is 4.16. The number of nitrogens with zero attached hydrogens (tertiary/aromatic N) is 2. The summed E-state index contributed by atoms with van der Waals surface area (Å²) in [7, 11) is 3.53. The summed E-state index contributed by atoms with van der Waals surface area (Å²) in [5, 5.41) is 8.16. The fourth-order valence-electron chi connectivity index (χ4n) is 2.83. The molecule has 0 radical (unpaired) electrons. The van der Waals surface area contributed by atoms with Crippen LogP contribution in [0.15, 0.2) is 12.1 Å². The zero-order chi connectivity index (χ0) is 15.6. The molecule has 2 rings (SSSR count). The molecule has 1 saturated heterocycles. The molecule has 21 heavy (non-hydrogen) atoms. The van der Waals surface area contributed by atoms with Crippen LogP contribution >= 0.6 is 11.6 Å². The molecular formula is C15H21ClN4O. The fourth-order valence-corrected chi connectivity index (χ4v) is 3.07. The van der Waals surface area contributed by atoms with Crippen LogP contribution < -0.4 is 5.73 Å². The van der Waals surface area contributed by atoms with Crippen molar-refractivity contribution >= 4 is 29.5 Å². The number of halogens is 1. The number of anilines is 1. The summed E-state index contributed by atoms with van der Waals surface area (Å²) in [5.41, 5.74) is 8.26. The number of hydrogen-bond acceptors (Lipinski definition) is 3. The van der Waals surface area contributed by atoms with Crippen LogP contribution in [0.2, 0.25) is 5.02 Å². The first-order chi connectivity index (χ1) is 9.93. The molecule has 0 aromatic heterocycles. The third-order valence-electron chi connectivity index (χ3n) is 3.94. The number of likely N-dealkylation sites (tertiary alicyclic amines) is 1. The highest BCUT2D eigenvalue weighted by molar-refractivity contribution is 6.31. The minimum atomic E-state index is 0.0475. The summed E-state index contributed by atoms with van der Waals surface area (Å²) in [5.74, 6) is 0.286. The minimum Gasteiger partial charge on any atom is -0.398 e. The molecule has 0 aliphatic carbocycles. The van der Waals surface area contributed by atoms with Crippen molar-refractivity contribution in [2.75, 3.05) is 32.9 Å². The second-order valence-electron chi connectivity index (χ2n) is 5.58. The van der Waals surface area contributed by atoms with E-state index < -0.39 is 0 Å². The van der Waals surface area contributed by atoms with Crippen molar-refractivity contribution in [2.24, 2.45) is 0 Å². The Bertz CT molecular complexity index is 551. The topological polar surface area (TPSA) is 73.4 Å². The van der Waals surface area contributed by atoms with Crippen molar-refractivity contribution in [3.8, 4) is 0 Å². The predicted molar refractivity (Wildman–Crippen MR) is 86.4 cm³/mol. The smallest absolute Gasteiger partial charge is 0.319 e. The zero-order valence-corrected chi connectivity index (χ0v) is 13.2. The van der Waals surface area contributed by atoms with Crippen LogP contribution in [0.25, 0.3) is 0 Å². The maximum absolute atomic E-state index is 11.9. The average molecular weight is 309 g/mol. The van der Waals surface area contributed by atoms with E-state index in [-0.39, 0.29) is 11.9 Å². The maximum Gasteiger partial charge on any atom is 0.319 e. The minimum absolute atomic E-state index is 0.0475. The summed E-state index contributed by atoms with van der Waals surface area (Å²) in [6.45, 7) is 1.43. The molecule has 6 heteroatoms. The van der Waals surface area contributed by atoms with Gasteiger partial charge in [0.1, 0.15) is 0 Å². The van der Waals surface area contributed by atoms with Gasteiger partial charge in [0.15, 0.2) is 0 Å². The average Bonchev–Trinajstić information content (AvgIpc) is 2.46. The second kappa shape index (κ2) is 6.35. The van der Waals surface area contributed by atoms with E-state index in [1.54, 1.807) is 25.1 Å². The van der Waals surface area contributed by atoms with Gasteiger partial charge in [-0.05, 0) is 36.5 Å². The van der Waals surface area contributed by atoms with Crippen LogP contribution in [0, 0.1) is 5.41 Å². The predicted octanol–water partition coefficient (Wildman–Crippen LogP) is 2.78. The number of carbonyl (C=O) groups excluding carboxylic acids is 1. The molecule has 114 valence electrons. The Labute approximate surface area is 130 Å². The van der Waals surface area contributed by atoms with Gasteiger partial charge in [-0.1, -0.05) is 11.6 Å². The Morgan fingerprint density at radius 2 is 2.05 bits per heavy atom. The van der Waals surface area contributed by atoms with Crippen LogP contribution in [-0.4, -0.2) is 49.2 Å². The molecule has 1 fully saturated rings. The van der Waals surface area contributed by atoms with Crippen molar-refractivity contribution in [3.05, 3.63) is 28.3 Å². The third kappa shape index (κ3) is 3.29. The number of nitrogens with two attached hydrogens (primary N) is 1. The van der Waals surface area contributed by atoms with Gasteiger partial charge in [-0.15, -0.1) is 0 Å². The lowest BCUT2D eigenvalue weighted by molar-refractivity contribution is 0.156. The van der Waals surface area contributed by atoms with Crippen LogP contribution in [0.3, 0.4) is 0 Å². The molecular weight excluding hydrogens is 288 g/mol. The lowest BCUT2D eigenvalue weighted by atomic mass is 9.86. The van der Waals surface area contributed by atoms with Crippen molar-refractivity contribution in [1.29, 1.82) is 5.41 Å². The standard InChI is InChI=1S/C15H21ClN4O/c1-19(2)15(21)20-5-3-10(4-6-20)12-7-11(16)8-14(18)13(12)9-17/h7-10,17H,3-6,18H2,1-2H3. The Kier molecular flexibility index (Phi) is 4.73. The zero-order valence-electron chi connectivity index (χ0n) is 12.4. The highest BCUT2D eigenvalue weighted by Gasteiger charge is 2.26. The normalized spacial score (nSPS) is 15.9. The first-order valence-corrected chi connectivity index (χ1v) is 7.37. The number of amides is 2. The van der Waals surface area contributed by atoms with Gasteiger partial charge < -0.3 is 20.9 Å². The van der Waals surface area contributed by atoms with Crippen molar-refractivity contribution in [3.63, 3.8) is 0 Å². The number of carbonyl (C=O) groups is 1. The summed E-state index contributed by atoms with van der Waals surface area (Å²) in [4.78, 5) is 15.4. The second-order valence-corrected chi connectivity index (χ2v) is 6.02. The quantitative estimate of drug-likeness (QED) is 0.651. The van der Waals surface area contributed by atoms with E-state index in [9.17, 15) is 4.79 Å². The Hall–Kier alpha value is -1.75. The van der Waals surface area contributed by atoms with Crippen LogP contribution in [-0.2, 0) is 0 Å². The summed E-state index contributed by atoms with van der Waals surface area (Å²) < 4.78 is 0. The molecule has 1 heterocycles. The highest BCUT2D eigenvalue weighted by atomic mass is 35.5. The number of nitrogens with one attached hydrogen (secondary N) is 1. The molecule has 5 nitrogen and oxygen atoms in total. The number of nitrogen functional groups attached to an aromatic ring is 1. The molecule has 0 unspecified atom stereocenters. The lowest BCUT2D eigenvalue weighted by Gasteiger charge is -2.34. The number of rotatable bonds is 2. The Balaban J connectivity index is 2.16. The molecule has 0 spiro atoms. The molecule has 2 amide bonds. The summed E-state index contributed by atoms with van der Waals surface area (Å²) in [6, 6.07) is 3.62. The van der Waals surface area contributed by atoms with Crippen molar-refractivity contribution < 1.29 is 4.79 Å². The summed E-state index contributed by atoms with van der Waals surface area (Å²) >= 11 is 6.09. The van der Waals surface area contributed by atoms with E-state index in [0.717, 1.165) is 24.0 Å². The first-order valence-electron chi connectivity index (χ1n) is 6.99. The summed E-state index contributed by atoms with van der Waals surface area (Å²) in [6.07, 6.45) is 3.01. The molecule has 1 aromatic carbocycles. The molecule has 1 aliphatic heterocycles. The van der Waals surface area contributed by atoms with Crippen LogP contribution in [0.5, 0.6) is 0 Å². The maximum atomic E-state index is 11.9. The van der Waals surface area contributed by atoms with E-state index in [2.05, 4.69) is 0 Å². The number of urea groups is 1. The van der Waals surface area contributed by atoms with Crippen LogP contribution in [0.4, 0.5) is 10.5 Å².